The van der Waals surface area contributed by atoms with Gasteiger partial charge in [0.15, 0.2) is 0 Å². The Bertz CT molecular complexity index is 884. The van der Waals surface area contributed by atoms with E-state index in [1.54, 1.807) is 6.08 Å². The summed E-state index contributed by atoms with van der Waals surface area (Å²) in [5.41, 5.74) is 0. The number of nitrogens with one attached hydrogen (secondary N) is 1. The summed E-state index contributed by atoms with van der Waals surface area (Å²) in [6.07, 6.45) is 51.4. The van der Waals surface area contributed by atoms with Crippen molar-refractivity contribution in [3.8, 4) is 0 Å². The van der Waals surface area contributed by atoms with Crippen molar-refractivity contribution in [3.05, 3.63) is 36.5 Å². The molecular formula is C48H89NO5. The highest BCUT2D eigenvalue weighted by Crippen LogP contribution is 2.13. The molecule has 2 atom stereocenters. The van der Waals surface area contributed by atoms with Crippen LogP contribution < -0.4 is 5.32 Å². The number of carbonyl (C=O) groups is 2. The maximum absolute atomic E-state index is 12.4. The Morgan fingerprint density at radius 2 is 0.889 bits per heavy atom. The minimum Gasteiger partial charge on any atom is -0.466 e. The average molecular weight is 760 g/mol. The van der Waals surface area contributed by atoms with Crippen LogP contribution in [0.15, 0.2) is 36.5 Å². The molecule has 0 radical (unpaired) electrons. The summed E-state index contributed by atoms with van der Waals surface area (Å²) in [4.78, 5) is 24.4. The Labute approximate surface area is 334 Å². The van der Waals surface area contributed by atoms with Gasteiger partial charge in [-0.3, -0.25) is 9.59 Å². The Kier molecular flexibility index (Phi) is 42.2. The third kappa shape index (κ3) is 39.8. The minimum absolute atomic E-state index is 0.0466. The predicted octanol–water partition coefficient (Wildman–Crippen LogP) is 13.3. The second-order valence-corrected chi connectivity index (χ2v) is 15.7. The minimum atomic E-state index is -0.874. The van der Waals surface area contributed by atoms with Crippen molar-refractivity contribution in [1.82, 2.24) is 5.32 Å². The van der Waals surface area contributed by atoms with Crippen LogP contribution in [0.5, 0.6) is 0 Å². The van der Waals surface area contributed by atoms with Gasteiger partial charge in [0.2, 0.25) is 5.91 Å². The van der Waals surface area contributed by atoms with Gasteiger partial charge >= 0.3 is 5.97 Å². The summed E-state index contributed by atoms with van der Waals surface area (Å²) in [6, 6.07) is -0.664. The smallest absolute Gasteiger partial charge is 0.305 e. The number of allylic oxidation sites excluding steroid dienone is 5. The topological polar surface area (TPSA) is 95.9 Å². The number of carbonyl (C=O) groups excluding carboxylic acids is 2. The van der Waals surface area contributed by atoms with Gasteiger partial charge in [-0.05, 0) is 77.0 Å². The van der Waals surface area contributed by atoms with Gasteiger partial charge in [0.1, 0.15) is 0 Å². The van der Waals surface area contributed by atoms with Crippen LogP contribution in [0.1, 0.15) is 232 Å². The first-order chi connectivity index (χ1) is 26.5. The highest BCUT2D eigenvalue weighted by molar-refractivity contribution is 5.76. The molecule has 0 saturated carbocycles. The first-order valence-electron chi connectivity index (χ1n) is 23.3. The standard InChI is InChI=1S/C48H89NO5/c1-3-5-7-9-11-13-15-17-18-19-20-22-26-30-34-38-42-48(53)54-43-39-35-31-27-23-25-29-33-37-41-47(52)49-45(44-50)46(51)40-36-32-28-24-21-16-14-12-10-8-6-4-2/h18-19,25,29,36,40,45-46,50-51H,3-17,20-24,26-28,30-35,37-39,41-44H2,1-2H3,(H,49,52)/b19-18-,29-25-,40-36+. The molecule has 6 heteroatoms. The van der Waals surface area contributed by atoms with E-state index in [0.717, 1.165) is 70.6 Å². The molecule has 0 aliphatic carbocycles. The molecule has 0 aromatic rings. The summed E-state index contributed by atoms with van der Waals surface area (Å²) in [6.45, 7) is 4.78. The monoisotopic (exact) mass is 760 g/mol. The number of rotatable bonds is 42. The number of amides is 1. The molecule has 0 rings (SSSR count). The van der Waals surface area contributed by atoms with E-state index in [4.69, 9.17) is 4.74 Å². The van der Waals surface area contributed by atoms with Crippen LogP contribution in [0.2, 0.25) is 0 Å². The van der Waals surface area contributed by atoms with E-state index in [1.165, 1.54) is 135 Å². The second-order valence-electron chi connectivity index (χ2n) is 15.7. The van der Waals surface area contributed by atoms with E-state index in [2.05, 4.69) is 43.5 Å². The van der Waals surface area contributed by atoms with Crippen molar-refractivity contribution in [2.75, 3.05) is 13.2 Å². The summed E-state index contributed by atoms with van der Waals surface area (Å²) in [5, 5.41) is 22.9. The number of aliphatic hydroxyl groups excluding tert-OH is 2. The molecule has 0 spiro atoms. The Hall–Kier alpha value is -1.92. The quantitative estimate of drug-likeness (QED) is 0.0327. The normalized spacial score (nSPS) is 13.0. The number of esters is 1. The number of ether oxygens (including phenoxy) is 1. The van der Waals surface area contributed by atoms with Crippen molar-refractivity contribution in [1.29, 1.82) is 0 Å². The van der Waals surface area contributed by atoms with Gasteiger partial charge < -0.3 is 20.3 Å². The molecule has 0 aromatic carbocycles. The Morgan fingerprint density at radius 1 is 0.500 bits per heavy atom. The van der Waals surface area contributed by atoms with Crippen LogP contribution in [0.4, 0.5) is 0 Å². The average Bonchev–Trinajstić information content (AvgIpc) is 3.17. The van der Waals surface area contributed by atoms with Gasteiger partial charge in [0, 0.05) is 12.8 Å². The highest BCUT2D eigenvalue weighted by atomic mass is 16.5. The van der Waals surface area contributed by atoms with Gasteiger partial charge in [-0.25, -0.2) is 0 Å². The number of hydrogen-bond acceptors (Lipinski definition) is 5. The Morgan fingerprint density at radius 3 is 1.35 bits per heavy atom. The van der Waals surface area contributed by atoms with Crippen LogP contribution in [-0.2, 0) is 14.3 Å². The van der Waals surface area contributed by atoms with Gasteiger partial charge in [-0.2, -0.15) is 0 Å². The SMILES string of the molecule is CCCCCCCCC/C=C\CCCCCCCC(=O)OCCCCCC/C=C\CCCC(=O)NC(CO)C(O)/C=C/CCCCCCCCCCCC. The molecule has 1 amide bonds. The van der Waals surface area contributed by atoms with Crippen molar-refractivity contribution in [3.63, 3.8) is 0 Å². The maximum atomic E-state index is 12.4. The van der Waals surface area contributed by atoms with E-state index in [9.17, 15) is 19.8 Å². The molecule has 6 nitrogen and oxygen atoms in total. The molecule has 0 saturated heterocycles. The summed E-state index contributed by atoms with van der Waals surface area (Å²) in [5.74, 6) is -0.178. The molecule has 54 heavy (non-hydrogen) atoms. The van der Waals surface area contributed by atoms with Gasteiger partial charge in [-0.1, -0.05) is 179 Å². The molecule has 316 valence electrons. The van der Waals surface area contributed by atoms with Crippen molar-refractivity contribution in [2.45, 2.75) is 244 Å². The largest absolute Gasteiger partial charge is 0.466 e. The Balaban J connectivity index is 3.59. The third-order valence-corrected chi connectivity index (χ3v) is 10.4. The number of hydrogen-bond donors (Lipinski definition) is 3. The lowest BCUT2D eigenvalue weighted by Crippen LogP contribution is -2.45. The van der Waals surface area contributed by atoms with E-state index >= 15 is 0 Å². The van der Waals surface area contributed by atoms with Crippen molar-refractivity contribution >= 4 is 11.9 Å². The van der Waals surface area contributed by atoms with E-state index in [0.29, 0.717) is 19.4 Å². The zero-order chi connectivity index (χ0) is 39.4. The number of aliphatic hydroxyl groups is 2. The number of unbranched alkanes of at least 4 members (excludes halogenated alkanes) is 27. The van der Waals surface area contributed by atoms with Crippen LogP contribution in [0.3, 0.4) is 0 Å². The zero-order valence-corrected chi connectivity index (χ0v) is 35.7. The third-order valence-electron chi connectivity index (χ3n) is 10.4. The molecule has 0 bridgehead atoms. The zero-order valence-electron chi connectivity index (χ0n) is 35.7. The van der Waals surface area contributed by atoms with Crippen LogP contribution >= 0.6 is 0 Å². The lowest BCUT2D eigenvalue weighted by atomic mass is 10.1. The fourth-order valence-electron chi connectivity index (χ4n) is 6.75. The van der Waals surface area contributed by atoms with Gasteiger partial charge in [-0.15, -0.1) is 0 Å². The van der Waals surface area contributed by atoms with Gasteiger partial charge in [0.25, 0.3) is 0 Å². The maximum Gasteiger partial charge on any atom is 0.305 e. The molecule has 0 aliphatic heterocycles. The summed E-state index contributed by atoms with van der Waals surface area (Å²) in [7, 11) is 0. The molecule has 0 aliphatic rings. The van der Waals surface area contributed by atoms with Gasteiger partial charge in [0.05, 0.1) is 25.4 Å². The summed E-state index contributed by atoms with van der Waals surface area (Å²) < 4.78 is 5.43. The lowest BCUT2D eigenvalue weighted by molar-refractivity contribution is -0.143. The second kappa shape index (κ2) is 43.8. The highest BCUT2D eigenvalue weighted by Gasteiger charge is 2.17. The molecule has 0 aromatic heterocycles. The molecular weight excluding hydrogens is 671 g/mol. The van der Waals surface area contributed by atoms with E-state index in [-0.39, 0.29) is 18.5 Å². The van der Waals surface area contributed by atoms with E-state index in [1.807, 2.05) is 6.08 Å². The van der Waals surface area contributed by atoms with Crippen molar-refractivity contribution < 1.29 is 24.5 Å². The van der Waals surface area contributed by atoms with E-state index < -0.39 is 12.1 Å². The summed E-state index contributed by atoms with van der Waals surface area (Å²) >= 11 is 0. The lowest BCUT2D eigenvalue weighted by Gasteiger charge is -2.19. The first-order valence-corrected chi connectivity index (χ1v) is 23.3. The van der Waals surface area contributed by atoms with Crippen LogP contribution in [-0.4, -0.2) is 47.4 Å². The predicted molar refractivity (Wildman–Crippen MR) is 232 cm³/mol. The van der Waals surface area contributed by atoms with Crippen LogP contribution in [0.25, 0.3) is 0 Å². The molecule has 2 unspecified atom stereocenters. The molecule has 0 fully saturated rings. The fourth-order valence-corrected chi connectivity index (χ4v) is 6.75. The van der Waals surface area contributed by atoms with Crippen LogP contribution in [0, 0.1) is 0 Å². The molecule has 3 N–H and O–H groups in total. The first kappa shape index (κ1) is 52.1. The van der Waals surface area contributed by atoms with Crippen molar-refractivity contribution in [2.24, 2.45) is 0 Å². The fraction of sp³-hybridized carbons (Fsp3) is 0.833. The molecule has 0 heterocycles.